The van der Waals surface area contributed by atoms with Crippen LogP contribution < -0.4 is 0 Å². The monoisotopic (exact) mass is 301 g/mol. The first-order valence-corrected chi connectivity index (χ1v) is 9.00. The summed E-state index contributed by atoms with van der Waals surface area (Å²) < 4.78 is 27.3. The molecule has 0 saturated heterocycles. The van der Waals surface area contributed by atoms with Gasteiger partial charge in [0.2, 0.25) is 10.0 Å². The molecule has 1 heterocycles. The first kappa shape index (κ1) is 13.5. The Morgan fingerprint density at radius 3 is 2.53 bits per heavy atom. The summed E-state index contributed by atoms with van der Waals surface area (Å²) in [5.41, 5.74) is 0. The number of hydrogen-bond acceptors (Lipinski definition) is 4. The molecule has 4 nitrogen and oxygen atoms in total. The minimum atomic E-state index is -3.38. The SMILES string of the molecule is Cc1sc(CO)cc1S(=O)(=O)N(CC1CC1)C1CC1. The van der Waals surface area contributed by atoms with Crippen LogP contribution in [-0.4, -0.2) is 30.4 Å². The van der Waals surface area contributed by atoms with E-state index in [1.807, 2.05) is 6.92 Å². The van der Waals surface area contributed by atoms with E-state index in [2.05, 4.69) is 0 Å². The lowest BCUT2D eigenvalue weighted by Gasteiger charge is -2.21. The second-order valence-electron chi connectivity index (χ2n) is 5.54. The molecule has 0 spiro atoms. The highest BCUT2D eigenvalue weighted by molar-refractivity contribution is 7.89. The van der Waals surface area contributed by atoms with E-state index in [0.29, 0.717) is 17.4 Å². The maximum atomic E-state index is 12.8. The van der Waals surface area contributed by atoms with Crippen molar-refractivity contribution in [3.05, 3.63) is 15.8 Å². The molecule has 0 aromatic carbocycles. The van der Waals surface area contributed by atoms with E-state index in [9.17, 15) is 8.42 Å². The van der Waals surface area contributed by atoms with Crippen molar-refractivity contribution in [1.29, 1.82) is 0 Å². The van der Waals surface area contributed by atoms with E-state index >= 15 is 0 Å². The van der Waals surface area contributed by atoms with Crippen LogP contribution in [0.2, 0.25) is 0 Å². The fourth-order valence-corrected chi connectivity index (χ4v) is 5.57. The van der Waals surface area contributed by atoms with Crippen molar-refractivity contribution in [2.45, 2.75) is 50.2 Å². The van der Waals surface area contributed by atoms with Gasteiger partial charge in [-0.3, -0.25) is 0 Å². The largest absolute Gasteiger partial charge is 0.391 e. The second kappa shape index (κ2) is 4.84. The highest BCUT2D eigenvalue weighted by atomic mass is 32.2. The average molecular weight is 301 g/mol. The molecule has 2 fully saturated rings. The summed E-state index contributed by atoms with van der Waals surface area (Å²) in [6.07, 6.45) is 4.29. The van der Waals surface area contributed by atoms with Crippen LogP contribution in [0, 0.1) is 12.8 Å². The second-order valence-corrected chi connectivity index (χ2v) is 8.74. The van der Waals surface area contributed by atoms with Gasteiger partial charge >= 0.3 is 0 Å². The third-order valence-corrected chi connectivity index (χ3v) is 6.96. The fraction of sp³-hybridized carbons (Fsp3) is 0.692. The smallest absolute Gasteiger partial charge is 0.244 e. The van der Waals surface area contributed by atoms with E-state index < -0.39 is 10.0 Å². The van der Waals surface area contributed by atoms with Crippen LogP contribution in [0.15, 0.2) is 11.0 Å². The molecule has 0 aliphatic heterocycles. The van der Waals surface area contributed by atoms with Gasteiger partial charge in [-0.2, -0.15) is 4.31 Å². The summed E-state index contributed by atoms with van der Waals surface area (Å²) >= 11 is 1.37. The quantitative estimate of drug-likeness (QED) is 0.875. The number of aryl methyl sites for hydroxylation is 1. The maximum absolute atomic E-state index is 12.8. The van der Waals surface area contributed by atoms with Crippen molar-refractivity contribution in [3.63, 3.8) is 0 Å². The molecule has 2 aliphatic carbocycles. The Morgan fingerprint density at radius 2 is 2.05 bits per heavy atom. The van der Waals surface area contributed by atoms with Crippen LogP contribution in [0.5, 0.6) is 0 Å². The molecule has 0 unspecified atom stereocenters. The maximum Gasteiger partial charge on any atom is 0.244 e. The lowest BCUT2D eigenvalue weighted by atomic mass is 10.4. The van der Waals surface area contributed by atoms with Crippen LogP contribution >= 0.6 is 11.3 Å². The molecule has 106 valence electrons. The van der Waals surface area contributed by atoms with Crippen molar-refractivity contribution >= 4 is 21.4 Å². The Balaban J connectivity index is 1.91. The number of aliphatic hydroxyl groups excluding tert-OH is 1. The zero-order valence-electron chi connectivity index (χ0n) is 11.0. The van der Waals surface area contributed by atoms with Crippen molar-refractivity contribution in [2.75, 3.05) is 6.54 Å². The molecule has 2 aliphatic rings. The lowest BCUT2D eigenvalue weighted by Crippen LogP contribution is -2.35. The molecule has 6 heteroatoms. The van der Waals surface area contributed by atoms with Gasteiger partial charge in [0.15, 0.2) is 0 Å². The highest BCUT2D eigenvalue weighted by Crippen LogP contribution is 2.39. The lowest BCUT2D eigenvalue weighted by molar-refractivity contribution is 0.285. The normalized spacial score (nSPS) is 20.2. The third-order valence-electron chi connectivity index (χ3n) is 3.75. The van der Waals surface area contributed by atoms with Gasteiger partial charge < -0.3 is 5.11 Å². The molecule has 3 rings (SSSR count). The molecule has 0 bridgehead atoms. The van der Waals surface area contributed by atoms with Crippen molar-refractivity contribution in [1.82, 2.24) is 4.31 Å². The predicted molar refractivity (Wildman–Crippen MR) is 74.6 cm³/mol. The molecule has 1 N–H and O–H groups in total. The first-order chi connectivity index (χ1) is 9.02. The van der Waals surface area contributed by atoms with Gasteiger partial charge in [-0.1, -0.05) is 0 Å². The van der Waals surface area contributed by atoms with Crippen molar-refractivity contribution < 1.29 is 13.5 Å². The first-order valence-electron chi connectivity index (χ1n) is 6.74. The number of rotatable bonds is 6. The Kier molecular flexibility index (Phi) is 3.45. The summed E-state index contributed by atoms with van der Waals surface area (Å²) in [4.78, 5) is 1.90. The zero-order valence-corrected chi connectivity index (χ0v) is 12.6. The number of nitrogens with zero attached hydrogens (tertiary/aromatic N) is 1. The van der Waals surface area contributed by atoms with Crippen LogP contribution in [0.25, 0.3) is 0 Å². The van der Waals surface area contributed by atoms with Gasteiger partial charge in [-0.05, 0) is 44.6 Å². The van der Waals surface area contributed by atoms with E-state index in [4.69, 9.17) is 5.11 Å². The van der Waals surface area contributed by atoms with Gasteiger partial charge in [0.1, 0.15) is 0 Å². The van der Waals surface area contributed by atoms with Gasteiger partial charge in [0, 0.05) is 22.3 Å². The number of aliphatic hydroxyl groups is 1. The topological polar surface area (TPSA) is 57.6 Å². The molecule has 0 amide bonds. The Morgan fingerprint density at radius 1 is 1.37 bits per heavy atom. The standard InChI is InChI=1S/C13H19NO3S2/c1-9-13(6-12(8-15)18-9)19(16,17)14(11-4-5-11)7-10-2-3-10/h6,10-11,15H,2-5,7-8H2,1H3. The highest BCUT2D eigenvalue weighted by Gasteiger charge is 2.41. The van der Waals surface area contributed by atoms with Crippen molar-refractivity contribution in [3.8, 4) is 0 Å². The Bertz CT molecular complexity index is 571. The van der Waals surface area contributed by atoms with E-state index in [0.717, 1.165) is 35.4 Å². The van der Waals surface area contributed by atoms with E-state index in [1.54, 1.807) is 10.4 Å². The van der Waals surface area contributed by atoms with E-state index in [1.165, 1.54) is 11.3 Å². The number of hydrogen-bond donors (Lipinski definition) is 1. The summed E-state index contributed by atoms with van der Waals surface area (Å²) in [6.45, 7) is 2.41. The van der Waals surface area contributed by atoms with Gasteiger partial charge in [0.05, 0.1) is 11.5 Å². The van der Waals surface area contributed by atoms with Crippen LogP contribution in [0.4, 0.5) is 0 Å². The Labute approximate surface area is 118 Å². The zero-order chi connectivity index (χ0) is 13.6. The summed E-state index contributed by atoms with van der Waals surface area (Å²) in [5.74, 6) is 0.562. The Hall–Kier alpha value is -0.430. The van der Waals surface area contributed by atoms with Crippen LogP contribution in [-0.2, 0) is 16.6 Å². The summed E-state index contributed by atoms with van der Waals surface area (Å²) in [7, 11) is -3.38. The molecule has 0 atom stereocenters. The molecule has 1 aromatic heterocycles. The van der Waals surface area contributed by atoms with Crippen molar-refractivity contribution in [2.24, 2.45) is 5.92 Å². The molecular weight excluding hydrogens is 282 g/mol. The van der Waals surface area contributed by atoms with Crippen LogP contribution in [0.1, 0.15) is 35.4 Å². The van der Waals surface area contributed by atoms with Gasteiger partial charge in [-0.15, -0.1) is 11.3 Å². The van der Waals surface area contributed by atoms with Crippen LogP contribution in [0.3, 0.4) is 0 Å². The molecular formula is C13H19NO3S2. The summed E-state index contributed by atoms with van der Waals surface area (Å²) in [5, 5.41) is 9.16. The number of sulfonamides is 1. The molecule has 19 heavy (non-hydrogen) atoms. The fourth-order valence-electron chi connectivity index (χ4n) is 2.35. The third kappa shape index (κ3) is 2.72. The minimum absolute atomic E-state index is 0.0902. The van der Waals surface area contributed by atoms with Gasteiger partial charge in [-0.25, -0.2) is 8.42 Å². The summed E-state index contributed by atoms with van der Waals surface area (Å²) in [6, 6.07) is 1.85. The minimum Gasteiger partial charge on any atom is -0.391 e. The molecule has 2 saturated carbocycles. The average Bonchev–Trinajstić information content (AvgIpc) is 3.24. The van der Waals surface area contributed by atoms with E-state index in [-0.39, 0.29) is 12.6 Å². The molecule has 1 aromatic rings. The van der Waals surface area contributed by atoms with Gasteiger partial charge in [0.25, 0.3) is 0 Å². The predicted octanol–water partition coefficient (Wildman–Crippen LogP) is 2.11. The number of thiophene rings is 1. The molecule has 0 radical (unpaired) electrons.